The first kappa shape index (κ1) is 21.0. The van der Waals surface area contributed by atoms with E-state index in [2.05, 4.69) is 5.10 Å². The number of nitrogens with zero attached hydrogens (tertiary/aromatic N) is 4. The number of rotatable bonds is 4. The summed E-state index contributed by atoms with van der Waals surface area (Å²) < 4.78 is 34.4. The molecule has 2 aliphatic rings. The highest BCUT2D eigenvalue weighted by molar-refractivity contribution is 7.89. The zero-order chi connectivity index (χ0) is 22.3. The third-order valence-electron chi connectivity index (χ3n) is 5.78. The van der Waals surface area contributed by atoms with E-state index in [0.717, 1.165) is 11.3 Å². The Kier molecular flexibility index (Phi) is 5.40. The van der Waals surface area contributed by atoms with Crippen molar-refractivity contribution in [3.63, 3.8) is 0 Å². The molecule has 0 saturated carbocycles. The van der Waals surface area contributed by atoms with Crippen LogP contribution in [0.2, 0.25) is 5.02 Å². The maximum atomic E-state index is 13.1. The molecule has 1 aromatic heterocycles. The van der Waals surface area contributed by atoms with Gasteiger partial charge in [-0.25, -0.2) is 8.42 Å². The number of ether oxygens (including phenoxy) is 1. The number of anilines is 1. The van der Waals surface area contributed by atoms with Crippen molar-refractivity contribution in [3.8, 4) is 11.4 Å². The molecule has 0 amide bonds. The summed E-state index contributed by atoms with van der Waals surface area (Å²) in [6.45, 7) is 1.96. The molecule has 0 aliphatic carbocycles. The molecule has 1 fully saturated rings. The summed E-state index contributed by atoms with van der Waals surface area (Å²) in [4.78, 5) is 14.9. The molecule has 0 radical (unpaired) electrons. The molecule has 0 unspecified atom stereocenters. The lowest BCUT2D eigenvalue weighted by Gasteiger charge is -2.35. The van der Waals surface area contributed by atoms with Crippen molar-refractivity contribution in [2.24, 2.45) is 0 Å². The molecule has 0 spiro atoms. The molecule has 0 N–H and O–H groups in total. The summed E-state index contributed by atoms with van der Waals surface area (Å²) >= 11 is 6.40. The Morgan fingerprint density at radius 2 is 1.75 bits per heavy atom. The number of sulfonamides is 1. The molecule has 0 atom stereocenters. The van der Waals surface area contributed by atoms with Crippen LogP contribution in [0.4, 0.5) is 5.69 Å². The Labute approximate surface area is 190 Å². The van der Waals surface area contributed by atoms with E-state index in [-0.39, 0.29) is 23.0 Å². The summed E-state index contributed by atoms with van der Waals surface area (Å²) in [6, 6.07) is 14.1. The molecule has 2 aliphatic heterocycles. The zero-order valence-electron chi connectivity index (χ0n) is 17.1. The summed E-state index contributed by atoms with van der Waals surface area (Å²) in [7, 11) is -3.61. The number of hydrogen-bond acceptors (Lipinski definition) is 6. The van der Waals surface area contributed by atoms with Gasteiger partial charge >= 0.3 is 0 Å². The molecule has 3 heterocycles. The molecule has 3 aromatic rings. The summed E-state index contributed by atoms with van der Waals surface area (Å²) in [5.74, 6) is 0.751. The Morgan fingerprint density at radius 3 is 2.50 bits per heavy atom. The average Bonchev–Trinajstić information content (AvgIpc) is 3.29. The third kappa shape index (κ3) is 3.66. The predicted molar refractivity (Wildman–Crippen MR) is 121 cm³/mol. The van der Waals surface area contributed by atoms with Crippen LogP contribution in [0.1, 0.15) is 5.56 Å². The number of halogens is 1. The number of benzene rings is 2. The van der Waals surface area contributed by atoms with Crippen molar-refractivity contribution >= 4 is 27.3 Å². The molecule has 166 valence electrons. The minimum absolute atomic E-state index is 0.0683. The molecule has 8 nitrogen and oxygen atoms in total. The average molecular weight is 473 g/mol. The van der Waals surface area contributed by atoms with Crippen LogP contribution in [0.5, 0.6) is 5.75 Å². The number of fused-ring (bicyclic) bond motifs is 1. The van der Waals surface area contributed by atoms with Crippen molar-refractivity contribution in [1.82, 2.24) is 14.1 Å². The number of piperazine rings is 1. The van der Waals surface area contributed by atoms with E-state index in [1.165, 1.54) is 8.99 Å². The van der Waals surface area contributed by atoms with Crippen molar-refractivity contribution in [1.29, 1.82) is 0 Å². The molecule has 5 rings (SSSR count). The van der Waals surface area contributed by atoms with Crippen LogP contribution in [-0.2, 0) is 16.4 Å². The van der Waals surface area contributed by atoms with E-state index in [1.807, 2.05) is 23.1 Å². The lowest BCUT2D eigenvalue weighted by Crippen LogP contribution is -2.49. The second-order valence-corrected chi connectivity index (χ2v) is 9.97. The van der Waals surface area contributed by atoms with Gasteiger partial charge in [0.15, 0.2) is 0 Å². The lowest BCUT2D eigenvalue weighted by molar-refractivity contribution is 0.356. The molecule has 32 heavy (non-hydrogen) atoms. The van der Waals surface area contributed by atoms with Crippen molar-refractivity contribution in [3.05, 3.63) is 75.7 Å². The Bertz CT molecular complexity index is 1320. The van der Waals surface area contributed by atoms with E-state index in [1.54, 1.807) is 36.5 Å². The van der Waals surface area contributed by atoms with Crippen molar-refractivity contribution in [2.45, 2.75) is 11.3 Å². The largest absolute Gasteiger partial charge is 0.493 e. The van der Waals surface area contributed by atoms with Crippen LogP contribution in [0.15, 0.2) is 64.4 Å². The van der Waals surface area contributed by atoms with Gasteiger partial charge in [-0.05, 0) is 35.9 Å². The van der Waals surface area contributed by atoms with E-state index in [4.69, 9.17) is 16.3 Å². The van der Waals surface area contributed by atoms with E-state index in [0.29, 0.717) is 37.5 Å². The van der Waals surface area contributed by atoms with Gasteiger partial charge < -0.3 is 9.64 Å². The molecule has 0 bridgehead atoms. The fraction of sp³-hybridized carbons (Fsp3) is 0.273. The normalized spacial score (nSPS) is 16.6. The van der Waals surface area contributed by atoms with Crippen LogP contribution in [-0.4, -0.2) is 55.3 Å². The Morgan fingerprint density at radius 1 is 1.00 bits per heavy atom. The van der Waals surface area contributed by atoms with Gasteiger partial charge in [-0.1, -0.05) is 29.8 Å². The summed E-state index contributed by atoms with van der Waals surface area (Å²) in [6.07, 6.45) is 2.27. The minimum atomic E-state index is -3.61. The SMILES string of the molecule is O=c1c(Cl)c(N2CCN(S(=O)(=O)c3ccc4c(c3)CCO4)CC2)cnn1-c1ccccc1. The molecule has 2 aromatic carbocycles. The van der Waals surface area contributed by atoms with Crippen LogP contribution >= 0.6 is 11.6 Å². The Hall–Kier alpha value is -2.88. The van der Waals surface area contributed by atoms with Gasteiger partial charge in [0.1, 0.15) is 10.8 Å². The van der Waals surface area contributed by atoms with Gasteiger partial charge in [0.25, 0.3) is 5.56 Å². The molecular weight excluding hydrogens is 452 g/mol. The number of hydrogen-bond donors (Lipinski definition) is 0. The van der Waals surface area contributed by atoms with Crippen molar-refractivity contribution in [2.75, 3.05) is 37.7 Å². The zero-order valence-corrected chi connectivity index (χ0v) is 18.7. The first-order chi connectivity index (χ1) is 15.4. The third-order valence-corrected chi connectivity index (χ3v) is 8.03. The maximum Gasteiger partial charge on any atom is 0.292 e. The lowest BCUT2D eigenvalue weighted by atomic mass is 10.2. The highest BCUT2D eigenvalue weighted by Crippen LogP contribution is 2.30. The molecular formula is C22H21ClN4O4S. The van der Waals surface area contributed by atoms with Gasteiger partial charge in [-0.2, -0.15) is 14.1 Å². The quantitative estimate of drug-likeness (QED) is 0.579. The van der Waals surface area contributed by atoms with Crippen LogP contribution in [0.3, 0.4) is 0 Å². The topological polar surface area (TPSA) is 84.7 Å². The highest BCUT2D eigenvalue weighted by atomic mass is 35.5. The highest BCUT2D eigenvalue weighted by Gasteiger charge is 2.30. The van der Waals surface area contributed by atoms with Crippen LogP contribution < -0.4 is 15.2 Å². The van der Waals surface area contributed by atoms with Gasteiger partial charge in [0.05, 0.1) is 29.1 Å². The maximum absolute atomic E-state index is 13.1. The van der Waals surface area contributed by atoms with Gasteiger partial charge in [-0.15, -0.1) is 0 Å². The summed E-state index contributed by atoms with van der Waals surface area (Å²) in [5, 5.41) is 4.34. The van der Waals surface area contributed by atoms with Crippen molar-refractivity contribution < 1.29 is 13.2 Å². The fourth-order valence-electron chi connectivity index (χ4n) is 4.04. The smallest absolute Gasteiger partial charge is 0.292 e. The van der Waals surface area contributed by atoms with Gasteiger partial charge in [0, 0.05) is 32.6 Å². The number of para-hydroxylation sites is 1. The van der Waals surface area contributed by atoms with Crippen LogP contribution in [0, 0.1) is 0 Å². The van der Waals surface area contributed by atoms with E-state index < -0.39 is 15.6 Å². The summed E-state index contributed by atoms with van der Waals surface area (Å²) in [5.41, 5.74) is 1.64. The first-order valence-corrected chi connectivity index (χ1v) is 12.1. The minimum Gasteiger partial charge on any atom is -0.493 e. The van der Waals surface area contributed by atoms with Gasteiger partial charge in [-0.3, -0.25) is 4.79 Å². The number of aromatic nitrogens is 2. The second kappa shape index (κ2) is 8.23. The Balaban J connectivity index is 1.34. The standard InChI is InChI=1S/C22H21ClN4O4S/c23-21-19(15-24-27(22(21)28)17-4-2-1-3-5-17)25-9-11-26(12-10-25)32(29,30)18-6-7-20-16(14-18)8-13-31-20/h1-7,14-15H,8-13H2. The molecule has 1 saturated heterocycles. The first-order valence-electron chi connectivity index (χ1n) is 10.3. The second-order valence-electron chi connectivity index (χ2n) is 7.66. The predicted octanol–water partition coefficient (Wildman–Crippen LogP) is 2.33. The fourth-order valence-corrected chi connectivity index (χ4v) is 5.76. The van der Waals surface area contributed by atoms with E-state index in [9.17, 15) is 13.2 Å². The van der Waals surface area contributed by atoms with Gasteiger partial charge in [0.2, 0.25) is 10.0 Å². The monoisotopic (exact) mass is 472 g/mol. The van der Waals surface area contributed by atoms with E-state index >= 15 is 0 Å². The van der Waals surface area contributed by atoms with Crippen LogP contribution in [0.25, 0.3) is 5.69 Å². The molecule has 10 heteroatoms.